The van der Waals surface area contributed by atoms with Gasteiger partial charge in [0.1, 0.15) is 12.4 Å². The van der Waals surface area contributed by atoms with Gasteiger partial charge in [-0.05, 0) is 62.1 Å². The molecule has 2 rings (SSSR count). The van der Waals surface area contributed by atoms with Gasteiger partial charge in [-0.25, -0.2) is 0 Å². The summed E-state index contributed by atoms with van der Waals surface area (Å²) in [4.78, 5) is 0. The molecule has 0 fully saturated rings. The van der Waals surface area contributed by atoms with Crippen molar-refractivity contribution in [2.45, 2.75) is 33.7 Å². The molecule has 0 aliphatic carbocycles. The van der Waals surface area contributed by atoms with E-state index in [0.29, 0.717) is 11.6 Å². The quantitative estimate of drug-likeness (QED) is 0.892. The van der Waals surface area contributed by atoms with Crippen molar-refractivity contribution >= 4 is 11.6 Å². The van der Waals surface area contributed by atoms with Crippen molar-refractivity contribution in [1.29, 1.82) is 0 Å². The molecule has 0 aliphatic rings. The molecule has 112 valence electrons. The Kier molecular flexibility index (Phi) is 4.92. The highest BCUT2D eigenvalue weighted by Gasteiger charge is 2.14. The van der Waals surface area contributed by atoms with Gasteiger partial charge in [0.2, 0.25) is 0 Å². The second-order valence-corrected chi connectivity index (χ2v) is 6.08. The van der Waals surface area contributed by atoms with E-state index in [2.05, 4.69) is 32.9 Å². The molecule has 0 bridgehead atoms. The highest BCUT2D eigenvalue weighted by molar-refractivity contribution is 6.30. The molecule has 21 heavy (non-hydrogen) atoms. The van der Waals surface area contributed by atoms with E-state index in [-0.39, 0.29) is 6.04 Å². The van der Waals surface area contributed by atoms with E-state index in [0.717, 1.165) is 11.3 Å². The summed E-state index contributed by atoms with van der Waals surface area (Å²) < 4.78 is 5.86. The fraction of sp³-hybridized carbons (Fsp3) is 0.333. The SMILES string of the molecule is Cc1cc(C)c(C(N)COc2cc(Cl)ccc2C)c(C)c1. The van der Waals surface area contributed by atoms with E-state index in [1.807, 2.05) is 25.1 Å². The Morgan fingerprint density at radius 2 is 1.62 bits per heavy atom. The zero-order valence-electron chi connectivity index (χ0n) is 13.0. The lowest BCUT2D eigenvalue weighted by Crippen LogP contribution is -2.21. The topological polar surface area (TPSA) is 35.2 Å². The van der Waals surface area contributed by atoms with Crippen LogP contribution < -0.4 is 10.5 Å². The van der Waals surface area contributed by atoms with Gasteiger partial charge in [-0.3, -0.25) is 0 Å². The van der Waals surface area contributed by atoms with Gasteiger partial charge in [-0.1, -0.05) is 35.4 Å². The van der Waals surface area contributed by atoms with Crippen molar-refractivity contribution in [3.8, 4) is 5.75 Å². The predicted molar refractivity (Wildman–Crippen MR) is 89.3 cm³/mol. The summed E-state index contributed by atoms with van der Waals surface area (Å²) in [5, 5.41) is 0.673. The zero-order valence-corrected chi connectivity index (χ0v) is 13.8. The number of rotatable bonds is 4. The minimum Gasteiger partial charge on any atom is -0.491 e. The van der Waals surface area contributed by atoms with E-state index in [1.54, 1.807) is 0 Å². The smallest absolute Gasteiger partial charge is 0.123 e. The molecule has 0 saturated heterocycles. The van der Waals surface area contributed by atoms with Gasteiger partial charge in [0.25, 0.3) is 0 Å². The van der Waals surface area contributed by atoms with Crippen LogP contribution in [-0.4, -0.2) is 6.61 Å². The first-order valence-corrected chi connectivity index (χ1v) is 7.48. The molecule has 0 radical (unpaired) electrons. The van der Waals surface area contributed by atoms with Crippen molar-refractivity contribution in [2.24, 2.45) is 5.73 Å². The predicted octanol–water partition coefficient (Wildman–Crippen LogP) is 4.65. The van der Waals surface area contributed by atoms with E-state index in [9.17, 15) is 0 Å². The lowest BCUT2D eigenvalue weighted by atomic mass is 9.95. The lowest BCUT2D eigenvalue weighted by Gasteiger charge is -2.19. The Bertz CT molecular complexity index is 629. The van der Waals surface area contributed by atoms with Gasteiger partial charge in [0, 0.05) is 5.02 Å². The van der Waals surface area contributed by atoms with Gasteiger partial charge in [0.15, 0.2) is 0 Å². The van der Waals surface area contributed by atoms with Crippen molar-refractivity contribution in [1.82, 2.24) is 0 Å². The molecule has 3 heteroatoms. The average molecular weight is 304 g/mol. The maximum Gasteiger partial charge on any atom is 0.123 e. The first-order chi connectivity index (χ1) is 9.88. The lowest BCUT2D eigenvalue weighted by molar-refractivity contribution is 0.288. The number of hydrogen-bond donors (Lipinski definition) is 1. The van der Waals surface area contributed by atoms with Crippen LogP contribution in [0.25, 0.3) is 0 Å². The Balaban J connectivity index is 2.15. The van der Waals surface area contributed by atoms with Crippen molar-refractivity contribution in [3.63, 3.8) is 0 Å². The van der Waals surface area contributed by atoms with E-state index in [1.165, 1.54) is 22.3 Å². The summed E-state index contributed by atoms with van der Waals surface area (Å²) in [5.41, 5.74) is 12.2. The first kappa shape index (κ1) is 15.9. The minimum atomic E-state index is -0.149. The van der Waals surface area contributed by atoms with Gasteiger partial charge < -0.3 is 10.5 Å². The summed E-state index contributed by atoms with van der Waals surface area (Å²) in [6, 6.07) is 9.81. The van der Waals surface area contributed by atoms with Crippen molar-refractivity contribution in [2.75, 3.05) is 6.61 Å². The average Bonchev–Trinajstić information content (AvgIpc) is 2.38. The van der Waals surface area contributed by atoms with Crippen LogP contribution in [0.4, 0.5) is 0 Å². The van der Waals surface area contributed by atoms with Crippen LogP contribution in [0, 0.1) is 27.7 Å². The summed E-state index contributed by atoms with van der Waals surface area (Å²) in [6.07, 6.45) is 0. The van der Waals surface area contributed by atoms with Gasteiger partial charge in [-0.15, -0.1) is 0 Å². The largest absolute Gasteiger partial charge is 0.491 e. The normalized spacial score (nSPS) is 12.3. The number of benzene rings is 2. The standard InChI is InChI=1S/C18H22ClNO/c1-11-7-13(3)18(14(4)8-11)16(20)10-21-17-9-15(19)6-5-12(17)2/h5-9,16H,10,20H2,1-4H3. The molecule has 1 atom stereocenters. The number of nitrogens with two attached hydrogens (primary N) is 1. The second kappa shape index (κ2) is 6.50. The molecule has 2 aromatic carbocycles. The third-order valence-corrected chi connectivity index (χ3v) is 3.91. The second-order valence-electron chi connectivity index (χ2n) is 5.64. The van der Waals surface area contributed by atoms with Gasteiger partial charge >= 0.3 is 0 Å². The Labute approximate surface area is 131 Å². The van der Waals surface area contributed by atoms with Crippen LogP contribution in [-0.2, 0) is 0 Å². The first-order valence-electron chi connectivity index (χ1n) is 7.10. The van der Waals surface area contributed by atoms with Crippen LogP contribution in [0.5, 0.6) is 5.75 Å². The maximum absolute atomic E-state index is 6.32. The molecule has 2 N–H and O–H groups in total. The van der Waals surface area contributed by atoms with Crippen LogP contribution in [0.3, 0.4) is 0 Å². The number of ether oxygens (including phenoxy) is 1. The Hall–Kier alpha value is -1.51. The van der Waals surface area contributed by atoms with Crippen molar-refractivity contribution in [3.05, 3.63) is 63.2 Å². The van der Waals surface area contributed by atoms with E-state index < -0.39 is 0 Å². The molecule has 1 unspecified atom stereocenters. The molecule has 2 nitrogen and oxygen atoms in total. The fourth-order valence-corrected chi connectivity index (χ4v) is 2.93. The summed E-state index contributed by atoms with van der Waals surface area (Å²) in [7, 11) is 0. The minimum absolute atomic E-state index is 0.149. The Morgan fingerprint density at radius 3 is 2.24 bits per heavy atom. The Morgan fingerprint density at radius 1 is 1.00 bits per heavy atom. The molecule has 2 aromatic rings. The molecule has 0 aromatic heterocycles. The van der Waals surface area contributed by atoms with E-state index >= 15 is 0 Å². The third-order valence-electron chi connectivity index (χ3n) is 3.68. The number of hydrogen-bond acceptors (Lipinski definition) is 2. The number of aryl methyl sites for hydroxylation is 4. The highest BCUT2D eigenvalue weighted by atomic mass is 35.5. The summed E-state index contributed by atoms with van der Waals surface area (Å²) in [6.45, 7) is 8.73. The molecule has 0 spiro atoms. The molecule has 0 saturated carbocycles. The summed E-state index contributed by atoms with van der Waals surface area (Å²) in [5.74, 6) is 0.792. The number of halogens is 1. The fourth-order valence-electron chi connectivity index (χ4n) is 2.77. The van der Waals surface area contributed by atoms with Gasteiger partial charge in [0.05, 0.1) is 6.04 Å². The molecule has 0 heterocycles. The monoisotopic (exact) mass is 303 g/mol. The summed E-state index contributed by atoms with van der Waals surface area (Å²) >= 11 is 6.01. The third kappa shape index (κ3) is 3.78. The molecular weight excluding hydrogens is 282 g/mol. The van der Waals surface area contributed by atoms with Crippen LogP contribution >= 0.6 is 11.6 Å². The molecular formula is C18H22ClNO. The van der Waals surface area contributed by atoms with Crippen LogP contribution in [0.2, 0.25) is 5.02 Å². The molecule has 0 amide bonds. The molecule has 0 aliphatic heterocycles. The zero-order chi connectivity index (χ0) is 15.6. The van der Waals surface area contributed by atoms with Gasteiger partial charge in [-0.2, -0.15) is 0 Å². The van der Waals surface area contributed by atoms with Crippen LogP contribution in [0.15, 0.2) is 30.3 Å². The van der Waals surface area contributed by atoms with Crippen molar-refractivity contribution < 1.29 is 4.74 Å². The van der Waals surface area contributed by atoms with E-state index in [4.69, 9.17) is 22.1 Å². The maximum atomic E-state index is 6.32. The van der Waals surface area contributed by atoms with Crippen LogP contribution in [0.1, 0.15) is 33.9 Å². The highest BCUT2D eigenvalue weighted by Crippen LogP contribution is 2.26.